The SMILES string of the molecule is CCS(=O)(=O)N(CC(=O)N(Cc1ccccc1C)[C@H](Cc1ccccc1)C(=O)NCC(C)C)c1ccc2c(c1)OCCO2. The van der Waals surface area contributed by atoms with Gasteiger partial charge in [0, 0.05) is 25.6 Å². The maximum atomic E-state index is 14.4. The molecular formula is C33H41N3O6S. The molecule has 1 heterocycles. The minimum Gasteiger partial charge on any atom is -0.486 e. The van der Waals surface area contributed by atoms with Gasteiger partial charge in [-0.2, -0.15) is 0 Å². The summed E-state index contributed by atoms with van der Waals surface area (Å²) in [6.45, 7) is 8.34. The van der Waals surface area contributed by atoms with Gasteiger partial charge in [-0.15, -0.1) is 0 Å². The summed E-state index contributed by atoms with van der Waals surface area (Å²) in [5.41, 5.74) is 3.01. The maximum absolute atomic E-state index is 14.4. The van der Waals surface area contributed by atoms with Crippen LogP contribution in [0.1, 0.15) is 37.5 Å². The molecule has 9 nitrogen and oxygen atoms in total. The van der Waals surface area contributed by atoms with Gasteiger partial charge in [0.1, 0.15) is 25.8 Å². The van der Waals surface area contributed by atoms with Crippen LogP contribution in [-0.2, 0) is 32.6 Å². The molecule has 0 aliphatic carbocycles. The summed E-state index contributed by atoms with van der Waals surface area (Å²) < 4.78 is 39.2. The maximum Gasteiger partial charge on any atom is 0.244 e. The van der Waals surface area contributed by atoms with Gasteiger partial charge in [0.05, 0.1) is 11.4 Å². The summed E-state index contributed by atoms with van der Waals surface area (Å²) in [5.74, 6) is 0.150. The predicted octanol–water partition coefficient (Wildman–Crippen LogP) is 4.33. The van der Waals surface area contributed by atoms with E-state index in [0.717, 1.165) is 21.0 Å². The van der Waals surface area contributed by atoms with Crippen molar-refractivity contribution in [3.8, 4) is 11.5 Å². The molecule has 43 heavy (non-hydrogen) atoms. The highest BCUT2D eigenvalue weighted by Crippen LogP contribution is 2.35. The molecule has 1 atom stereocenters. The van der Waals surface area contributed by atoms with Gasteiger partial charge in [-0.25, -0.2) is 8.42 Å². The summed E-state index contributed by atoms with van der Waals surface area (Å²) in [6.07, 6.45) is 0.271. The van der Waals surface area contributed by atoms with E-state index in [9.17, 15) is 18.0 Å². The highest BCUT2D eigenvalue weighted by atomic mass is 32.2. The first-order valence-corrected chi connectivity index (χ1v) is 16.3. The molecule has 4 rings (SSSR count). The molecule has 1 aliphatic rings. The summed E-state index contributed by atoms with van der Waals surface area (Å²) in [7, 11) is -3.89. The minimum atomic E-state index is -3.89. The van der Waals surface area contributed by atoms with E-state index in [2.05, 4.69) is 5.32 Å². The number of carbonyl (C=O) groups is 2. The van der Waals surface area contributed by atoms with E-state index >= 15 is 0 Å². The number of sulfonamides is 1. The molecule has 230 valence electrons. The Balaban J connectivity index is 1.75. The molecule has 0 aromatic heterocycles. The number of aryl methyl sites for hydroxylation is 1. The lowest BCUT2D eigenvalue weighted by Gasteiger charge is -2.34. The van der Waals surface area contributed by atoms with E-state index in [-0.39, 0.29) is 30.5 Å². The third kappa shape index (κ3) is 8.28. The number of nitrogens with zero attached hydrogens (tertiary/aromatic N) is 2. The molecule has 2 amide bonds. The standard InChI is InChI=1S/C33H41N3O6S/c1-5-43(39,40)36(28-15-16-30-31(20-28)42-18-17-41-30)23-32(37)35(22-27-14-10-9-11-25(27)4)29(33(38)34-21-24(2)3)19-26-12-7-6-8-13-26/h6-16,20,24,29H,5,17-19,21-23H2,1-4H3,(H,34,38)/t29-/m1/s1. The third-order valence-electron chi connectivity index (χ3n) is 7.35. The van der Waals surface area contributed by atoms with E-state index in [1.54, 1.807) is 18.2 Å². The summed E-state index contributed by atoms with van der Waals surface area (Å²) >= 11 is 0. The van der Waals surface area contributed by atoms with Crippen LogP contribution in [0.15, 0.2) is 72.8 Å². The lowest BCUT2D eigenvalue weighted by atomic mass is 10.0. The zero-order valence-corrected chi connectivity index (χ0v) is 26.1. The van der Waals surface area contributed by atoms with Gasteiger partial charge in [-0.1, -0.05) is 68.4 Å². The van der Waals surface area contributed by atoms with Crippen LogP contribution in [0.2, 0.25) is 0 Å². The largest absolute Gasteiger partial charge is 0.486 e. The number of hydrogen-bond donors (Lipinski definition) is 1. The van der Waals surface area contributed by atoms with Crippen molar-refractivity contribution in [3.05, 3.63) is 89.5 Å². The summed E-state index contributed by atoms with van der Waals surface area (Å²) in [5, 5.41) is 3.00. The van der Waals surface area contributed by atoms with Gasteiger partial charge in [0.25, 0.3) is 0 Å². The van der Waals surface area contributed by atoms with Crippen LogP contribution in [-0.4, -0.2) is 63.2 Å². The molecule has 0 unspecified atom stereocenters. The van der Waals surface area contributed by atoms with Crippen LogP contribution < -0.4 is 19.1 Å². The quantitative estimate of drug-likeness (QED) is 0.310. The van der Waals surface area contributed by atoms with Crippen LogP contribution in [0.25, 0.3) is 0 Å². The molecule has 0 saturated carbocycles. The van der Waals surface area contributed by atoms with E-state index in [4.69, 9.17) is 9.47 Å². The zero-order valence-electron chi connectivity index (χ0n) is 25.3. The number of anilines is 1. The Morgan fingerprint density at radius 1 is 0.930 bits per heavy atom. The average Bonchev–Trinajstić information content (AvgIpc) is 3.01. The van der Waals surface area contributed by atoms with Crippen LogP contribution in [0.4, 0.5) is 5.69 Å². The number of hydrogen-bond acceptors (Lipinski definition) is 6. The average molecular weight is 608 g/mol. The monoisotopic (exact) mass is 607 g/mol. The Bertz CT molecular complexity index is 1510. The summed E-state index contributed by atoms with van der Waals surface area (Å²) in [4.78, 5) is 29.6. The first kappa shape index (κ1) is 31.9. The molecule has 3 aromatic rings. The Labute approximate surface area is 254 Å². The van der Waals surface area contributed by atoms with Crippen molar-refractivity contribution in [3.63, 3.8) is 0 Å². The minimum absolute atomic E-state index is 0.138. The molecule has 3 aromatic carbocycles. The Morgan fingerprint density at radius 3 is 2.28 bits per heavy atom. The molecule has 0 saturated heterocycles. The Morgan fingerprint density at radius 2 is 1.60 bits per heavy atom. The van der Waals surface area contributed by atoms with Crippen molar-refractivity contribution in [1.82, 2.24) is 10.2 Å². The van der Waals surface area contributed by atoms with E-state index < -0.39 is 28.5 Å². The van der Waals surface area contributed by atoms with Crippen LogP contribution >= 0.6 is 0 Å². The number of nitrogens with one attached hydrogen (secondary N) is 1. The van der Waals surface area contributed by atoms with Crippen molar-refractivity contribution in [2.75, 3.05) is 36.4 Å². The van der Waals surface area contributed by atoms with Crippen molar-refractivity contribution >= 4 is 27.5 Å². The number of amides is 2. The lowest BCUT2D eigenvalue weighted by molar-refractivity contribution is -0.140. The number of benzene rings is 3. The van der Waals surface area contributed by atoms with Gasteiger partial charge in [-0.05, 0) is 48.6 Å². The molecule has 0 bridgehead atoms. The van der Waals surface area contributed by atoms with E-state index in [1.807, 2.05) is 75.4 Å². The van der Waals surface area contributed by atoms with Gasteiger partial charge in [0.2, 0.25) is 21.8 Å². The second-order valence-electron chi connectivity index (χ2n) is 11.0. The normalized spacial score (nSPS) is 13.3. The molecule has 0 radical (unpaired) electrons. The van der Waals surface area contributed by atoms with Crippen molar-refractivity contribution in [1.29, 1.82) is 0 Å². The molecule has 0 spiro atoms. The molecule has 0 fully saturated rings. The zero-order chi connectivity index (χ0) is 31.0. The van der Waals surface area contributed by atoms with Crippen molar-refractivity contribution < 1.29 is 27.5 Å². The smallest absolute Gasteiger partial charge is 0.244 e. The number of rotatable bonds is 13. The van der Waals surface area contributed by atoms with Crippen LogP contribution in [0.3, 0.4) is 0 Å². The van der Waals surface area contributed by atoms with E-state index in [0.29, 0.717) is 36.9 Å². The topological polar surface area (TPSA) is 105 Å². The van der Waals surface area contributed by atoms with Crippen LogP contribution in [0, 0.1) is 12.8 Å². The van der Waals surface area contributed by atoms with Crippen molar-refractivity contribution in [2.45, 2.75) is 46.7 Å². The summed E-state index contributed by atoms with van der Waals surface area (Å²) in [6, 6.07) is 21.2. The number of carbonyl (C=O) groups excluding carboxylic acids is 2. The second kappa shape index (κ2) is 14.4. The Hall–Kier alpha value is -4.05. The van der Waals surface area contributed by atoms with Gasteiger partial charge < -0.3 is 19.7 Å². The van der Waals surface area contributed by atoms with Gasteiger partial charge in [0.15, 0.2) is 11.5 Å². The number of ether oxygens (including phenoxy) is 2. The second-order valence-corrected chi connectivity index (χ2v) is 13.2. The molecular weight excluding hydrogens is 566 g/mol. The Kier molecular flexibility index (Phi) is 10.7. The highest BCUT2D eigenvalue weighted by Gasteiger charge is 2.34. The third-order valence-corrected chi connectivity index (χ3v) is 9.09. The van der Waals surface area contributed by atoms with Crippen LogP contribution in [0.5, 0.6) is 11.5 Å². The van der Waals surface area contributed by atoms with Gasteiger partial charge in [-0.3, -0.25) is 13.9 Å². The van der Waals surface area contributed by atoms with E-state index in [1.165, 1.54) is 11.8 Å². The molecule has 10 heteroatoms. The number of fused-ring (bicyclic) bond motifs is 1. The fraction of sp³-hybridized carbons (Fsp3) is 0.394. The fourth-order valence-corrected chi connectivity index (χ4v) is 5.91. The van der Waals surface area contributed by atoms with Crippen molar-refractivity contribution in [2.24, 2.45) is 5.92 Å². The van der Waals surface area contributed by atoms with Gasteiger partial charge >= 0.3 is 0 Å². The lowest BCUT2D eigenvalue weighted by Crippen LogP contribution is -2.54. The molecule has 1 N–H and O–H groups in total. The first-order valence-electron chi connectivity index (χ1n) is 14.6. The molecule has 1 aliphatic heterocycles. The first-order chi connectivity index (χ1) is 20.6. The highest BCUT2D eigenvalue weighted by molar-refractivity contribution is 7.92. The predicted molar refractivity (Wildman–Crippen MR) is 168 cm³/mol. The fourth-order valence-electron chi connectivity index (χ4n) is 4.85.